The molecule has 11 nitrogen and oxygen atoms in total. The van der Waals surface area contributed by atoms with Crippen molar-refractivity contribution >= 4 is 27.8 Å². The van der Waals surface area contributed by atoms with Crippen molar-refractivity contribution in [2.75, 3.05) is 13.1 Å². The molecule has 1 saturated carbocycles. The predicted molar refractivity (Wildman–Crippen MR) is 137 cm³/mol. The fourth-order valence-corrected chi connectivity index (χ4v) is 7.32. The van der Waals surface area contributed by atoms with E-state index in [-0.39, 0.29) is 41.8 Å². The van der Waals surface area contributed by atoms with Gasteiger partial charge in [0.2, 0.25) is 0 Å². The van der Waals surface area contributed by atoms with Gasteiger partial charge >= 0.3 is 5.97 Å². The van der Waals surface area contributed by atoms with Gasteiger partial charge in [-0.2, -0.15) is 4.31 Å². The summed E-state index contributed by atoms with van der Waals surface area (Å²) in [6.45, 7) is 4.72. The summed E-state index contributed by atoms with van der Waals surface area (Å²) in [5, 5.41) is 16.1. The topological polar surface area (TPSA) is 150 Å². The van der Waals surface area contributed by atoms with E-state index in [9.17, 15) is 27.9 Å². The summed E-state index contributed by atoms with van der Waals surface area (Å²) >= 11 is 0. The molecule has 0 spiro atoms. The summed E-state index contributed by atoms with van der Waals surface area (Å²) in [5.74, 6) is -2.24. The highest BCUT2D eigenvalue weighted by Gasteiger charge is 2.48. The third-order valence-electron chi connectivity index (χ3n) is 7.40. The lowest BCUT2D eigenvalue weighted by molar-refractivity contribution is -0.138. The molecule has 2 heterocycles. The highest BCUT2D eigenvalue weighted by molar-refractivity contribution is 7.89. The number of hydrogen-bond donors (Lipinski definition) is 2. The lowest BCUT2D eigenvalue weighted by Gasteiger charge is -2.34. The summed E-state index contributed by atoms with van der Waals surface area (Å²) in [6.07, 6.45) is 2.68. The molecule has 2 aromatic rings. The van der Waals surface area contributed by atoms with Crippen molar-refractivity contribution in [3.05, 3.63) is 46.8 Å². The second-order valence-electron chi connectivity index (χ2n) is 10.1. The van der Waals surface area contributed by atoms with Crippen LogP contribution in [0.5, 0.6) is 0 Å². The largest absolute Gasteiger partial charge is 0.481 e. The number of hydrogen-bond acceptors (Lipinski definition) is 7. The molecule has 2 amide bonds. The SMILES string of the molecule is Cc1ccc(C(=O)N2CCN(S(=O)(=O)c3c(C)noc3C)C2C(=O)NC(CC(=O)O)C2CCCCC2)cc1. The van der Waals surface area contributed by atoms with Gasteiger partial charge in [-0.05, 0) is 51.7 Å². The Balaban J connectivity index is 1.70. The van der Waals surface area contributed by atoms with Gasteiger partial charge in [0.05, 0.1) is 6.42 Å². The van der Waals surface area contributed by atoms with Crippen LogP contribution in [0, 0.1) is 26.7 Å². The first kappa shape index (κ1) is 27.8. The van der Waals surface area contributed by atoms with Crippen molar-refractivity contribution < 1.29 is 32.4 Å². The van der Waals surface area contributed by atoms with E-state index in [2.05, 4.69) is 10.5 Å². The summed E-state index contributed by atoms with van der Waals surface area (Å²) in [5.41, 5.74) is 1.42. The maximum Gasteiger partial charge on any atom is 0.305 e. The third-order valence-corrected chi connectivity index (χ3v) is 9.50. The minimum Gasteiger partial charge on any atom is -0.481 e. The zero-order valence-corrected chi connectivity index (χ0v) is 22.7. The molecule has 1 saturated heterocycles. The molecule has 38 heavy (non-hydrogen) atoms. The molecule has 206 valence electrons. The summed E-state index contributed by atoms with van der Waals surface area (Å²) in [7, 11) is -4.28. The summed E-state index contributed by atoms with van der Waals surface area (Å²) in [4.78, 5) is 40.1. The Morgan fingerprint density at radius 1 is 1.08 bits per heavy atom. The number of aliphatic carboxylic acids is 1. The van der Waals surface area contributed by atoms with Gasteiger partial charge < -0.3 is 19.8 Å². The fourth-order valence-electron chi connectivity index (χ4n) is 5.48. The Hall–Kier alpha value is -3.25. The number of aromatic nitrogens is 1. The molecule has 1 aromatic carbocycles. The second-order valence-corrected chi connectivity index (χ2v) is 11.9. The number of nitrogens with zero attached hydrogens (tertiary/aromatic N) is 3. The number of aryl methyl sites for hydroxylation is 3. The van der Waals surface area contributed by atoms with Gasteiger partial charge in [-0.3, -0.25) is 14.4 Å². The molecular formula is C26H34N4O7S. The van der Waals surface area contributed by atoms with Crippen LogP contribution >= 0.6 is 0 Å². The normalized spacial score (nSPS) is 19.9. The average Bonchev–Trinajstić information content (AvgIpc) is 3.48. The third kappa shape index (κ3) is 5.60. The van der Waals surface area contributed by atoms with Crippen LogP contribution in [0.1, 0.15) is 65.9 Å². The molecule has 12 heteroatoms. The van der Waals surface area contributed by atoms with Crippen LogP contribution in [0.15, 0.2) is 33.7 Å². The first-order valence-electron chi connectivity index (χ1n) is 12.8. The van der Waals surface area contributed by atoms with E-state index >= 15 is 0 Å². The van der Waals surface area contributed by atoms with Gasteiger partial charge in [0.25, 0.3) is 21.8 Å². The Bertz CT molecular complexity index is 1280. The quantitative estimate of drug-likeness (QED) is 0.513. The molecule has 1 aromatic heterocycles. The van der Waals surface area contributed by atoms with Crippen molar-refractivity contribution in [1.29, 1.82) is 0 Å². The van der Waals surface area contributed by atoms with Crippen LogP contribution in [0.4, 0.5) is 0 Å². The van der Waals surface area contributed by atoms with Crippen LogP contribution in [0.25, 0.3) is 0 Å². The lowest BCUT2D eigenvalue weighted by Crippen LogP contribution is -2.56. The molecule has 1 aliphatic heterocycles. The number of carboxylic acid groups (broad SMARTS) is 1. The molecule has 0 bridgehead atoms. The molecule has 1 aliphatic carbocycles. The number of rotatable bonds is 8. The van der Waals surface area contributed by atoms with E-state index < -0.39 is 40.0 Å². The molecular weight excluding hydrogens is 512 g/mol. The van der Waals surface area contributed by atoms with Crippen molar-refractivity contribution in [3.63, 3.8) is 0 Å². The standard InChI is InChI=1S/C26H34N4O7S/c1-16-9-11-20(12-10-16)26(34)29-13-14-30(38(35,36)23-17(2)28-37-18(23)3)25(29)24(33)27-21(15-22(31)32)19-7-5-4-6-8-19/h9-12,19,21,25H,4-8,13-15H2,1-3H3,(H,27,33)(H,31,32). The van der Waals surface area contributed by atoms with Crippen molar-refractivity contribution in [2.24, 2.45) is 5.92 Å². The van der Waals surface area contributed by atoms with Crippen molar-refractivity contribution in [3.8, 4) is 0 Å². The van der Waals surface area contributed by atoms with E-state index in [1.54, 1.807) is 24.3 Å². The number of carbonyl (C=O) groups is 3. The second kappa shape index (κ2) is 11.2. The van der Waals surface area contributed by atoms with Gasteiger partial charge in [-0.15, -0.1) is 0 Å². The van der Waals surface area contributed by atoms with E-state index in [0.717, 1.165) is 42.0 Å². The van der Waals surface area contributed by atoms with Crippen LogP contribution in [0.3, 0.4) is 0 Å². The molecule has 0 radical (unpaired) electrons. The molecule has 2 fully saturated rings. The van der Waals surface area contributed by atoms with Crippen LogP contribution in [-0.2, 0) is 19.6 Å². The van der Waals surface area contributed by atoms with Crippen LogP contribution in [-0.4, -0.2) is 71.0 Å². The van der Waals surface area contributed by atoms with Gasteiger partial charge in [0.15, 0.2) is 11.9 Å². The zero-order valence-electron chi connectivity index (χ0n) is 21.8. The van der Waals surface area contributed by atoms with E-state index in [0.29, 0.717) is 5.56 Å². The Morgan fingerprint density at radius 2 is 1.74 bits per heavy atom. The van der Waals surface area contributed by atoms with Gasteiger partial charge in [-0.1, -0.05) is 42.1 Å². The monoisotopic (exact) mass is 546 g/mol. The predicted octanol–water partition coefficient (Wildman–Crippen LogP) is 2.61. The van der Waals surface area contributed by atoms with Crippen LogP contribution < -0.4 is 5.32 Å². The number of nitrogens with one attached hydrogen (secondary N) is 1. The maximum absolute atomic E-state index is 13.8. The van der Waals surface area contributed by atoms with Gasteiger partial charge in [0.1, 0.15) is 10.6 Å². The van der Waals surface area contributed by atoms with E-state index in [1.807, 2.05) is 6.92 Å². The highest BCUT2D eigenvalue weighted by Crippen LogP contribution is 2.31. The average molecular weight is 547 g/mol. The minimum absolute atomic E-state index is 0.0135. The van der Waals surface area contributed by atoms with E-state index in [1.165, 1.54) is 18.7 Å². The van der Waals surface area contributed by atoms with Gasteiger partial charge in [-0.25, -0.2) is 8.42 Å². The van der Waals surface area contributed by atoms with Crippen LogP contribution in [0.2, 0.25) is 0 Å². The highest BCUT2D eigenvalue weighted by atomic mass is 32.2. The maximum atomic E-state index is 13.8. The molecule has 4 rings (SSSR count). The zero-order chi connectivity index (χ0) is 27.6. The number of benzene rings is 1. The smallest absolute Gasteiger partial charge is 0.305 e. The first-order valence-corrected chi connectivity index (χ1v) is 14.3. The summed E-state index contributed by atoms with van der Waals surface area (Å²) in [6, 6.07) is 6.12. The van der Waals surface area contributed by atoms with E-state index in [4.69, 9.17) is 4.52 Å². The fraction of sp³-hybridized carbons (Fsp3) is 0.538. The lowest BCUT2D eigenvalue weighted by atomic mass is 9.82. The molecule has 2 atom stereocenters. The van der Waals surface area contributed by atoms with Gasteiger partial charge in [0, 0.05) is 24.7 Å². The number of carbonyl (C=O) groups excluding carboxylic acids is 2. The first-order chi connectivity index (χ1) is 18.0. The number of sulfonamides is 1. The molecule has 2 aliphatic rings. The van der Waals surface area contributed by atoms with Crippen molar-refractivity contribution in [2.45, 2.75) is 76.4 Å². The summed E-state index contributed by atoms with van der Waals surface area (Å²) < 4.78 is 33.6. The van der Waals surface area contributed by atoms with Crippen molar-refractivity contribution in [1.82, 2.24) is 19.7 Å². The Morgan fingerprint density at radius 3 is 2.32 bits per heavy atom. The number of amides is 2. The molecule has 2 unspecified atom stereocenters. The number of carboxylic acids is 1. The Labute approximate surface area is 222 Å². The minimum atomic E-state index is -4.28. The Kier molecular flexibility index (Phi) is 8.22. The molecule has 2 N–H and O–H groups in total.